The third-order valence-corrected chi connectivity index (χ3v) is 6.83. The summed E-state index contributed by atoms with van der Waals surface area (Å²) in [6.45, 7) is 8.45. The molecule has 0 aliphatic heterocycles. The minimum atomic E-state index is -4.53. The highest BCUT2D eigenvalue weighted by molar-refractivity contribution is 5.68. The summed E-state index contributed by atoms with van der Waals surface area (Å²) >= 11 is 0. The van der Waals surface area contributed by atoms with Gasteiger partial charge in [-0.15, -0.1) is 0 Å². The zero-order valence-electron chi connectivity index (χ0n) is 18.6. The molecule has 174 valence electrons. The maximum atomic E-state index is 12.7. The highest BCUT2D eigenvalue weighted by Gasteiger charge is 2.42. The lowest BCUT2D eigenvalue weighted by Crippen LogP contribution is -2.53. The summed E-state index contributed by atoms with van der Waals surface area (Å²) in [5, 5.41) is 6.17. The van der Waals surface area contributed by atoms with E-state index in [9.17, 15) is 18.0 Å². The summed E-state index contributed by atoms with van der Waals surface area (Å²) in [7, 11) is 0. The molecule has 31 heavy (non-hydrogen) atoms. The van der Waals surface area contributed by atoms with Crippen LogP contribution in [0.4, 0.5) is 23.8 Å². The molecule has 2 N–H and O–H groups in total. The van der Waals surface area contributed by atoms with Crippen LogP contribution in [0.5, 0.6) is 0 Å². The van der Waals surface area contributed by atoms with Crippen molar-refractivity contribution in [2.45, 2.75) is 90.1 Å². The van der Waals surface area contributed by atoms with E-state index in [4.69, 9.17) is 4.74 Å². The lowest BCUT2D eigenvalue weighted by Gasteiger charge is -2.38. The van der Waals surface area contributed by atoms with E-state index in [2.05, 4.69) is 41.4 Å². The lowest BCUT2D eigenvalue weighted by molar-refractivity contribution is -0.141. The van der Waals surface area contributed by atoms with Crippen LogP contribution in [0.25, 0.3) is 0 Å². The fourth-order valence-electron chi connectivity index (χ4n) is 4.94. The number of rotatable bonds is 5. The first-order valence-corrected chi connectivity index (χ1v) is 11.1. The number of hydrogen-bond donors (Lipinski definition) is 2. The van der Waals surface area contributed by atoms with Crippen LogP contribution in [0.3, 0.4) is 0 Å². The number of alkyl carbamates (subject to hydrolysis) is 1. The number of nitrogens with zero attached hydrogens (tertiary/aromatic N) is 2. The monoisotopic (exact) mass is 442 g/mol. The highest BCUT2D eigenvalue weighted by Crippen LogP contribution is 2.36. The van der Waals surface area contributed by atoms with Crippen molar-refractivity contribution in [2.75, 3.05) is 5.32 Å². The van der Waals surface area contributed by atoms with Crippen LogP contribution in [0, 0.1) is 17.8 Å². The summed E-state index contributed by atoms with van der Waals surface area (Å²) in [6.07, 6.45) is 2.21. The van der Waals surface area contributed by atoms with E-state index in [1.54, 1.807) is 0 Å². The minimum absolute atomic E-state index is 0.0925. The molecule has 1 heterocycles. The molecule has 1 amide bonds. The Bertz CT molecular complexity index is 756. The normalized spacial score (nSPS) is 31.5. The highest BCUT2D eigenvalue weighted by atomic mass is 19.4. The summed E-state index contributed by atoms with van der Waals surface area (Å²) in [5.41, 5.74) is -1.58. The van der Waals surface area contributed by atoms with Gasteiger partial charge in [-0.2, -0.15) is 13.2 Å². The van der Waals surface area contributed by atoms with Gasteiger partial charge in [0, 0.05) is 0 Å². The molecule has 0 bridgehead atoms. The van der Waals surface area contributed by atoms with Crippen molar-refractivity contribution < 1.29 is 22.7 Å². The second-order valence-corrected chi connectivity index (χ2v) is 9.69. The quantitative estimate of drug-likeness (QED) is 0.638. The van der Waals surface area contributed by atoms with Crippen molar-refractivity contribution in [2.24, 2.45) is 17.8 Å². The predicted octanol–water partition coefficient (Wildman–Crippen LogP) is 5.41. The second-order valence-electron chi connectivity index (χ2n) is 9.69. The first kappa shape index (κ1) is 23.6. The van der Waals surface area contributed by atoms with Gasteiger partial charge in [0.05, 0.1) is 24.0 Å². The summed E-state index contributed by atoms with van der Waals surface area (Å²) < 4.78 is 44.0. The number of hydrogen-bond acceptors (Lipinski definition) is 5. The van der Waals surface area contributed by atoms with Gasteiger partial charge in [-0.05, 0) is 56.8 Å². The van der Waals surface area contributed by atoms with Crippen molar-refractivity contribution in [3.8, 4) is 0 Å². The number of nitrogens with one attached hydrogen (secondary N) is 2. The van der Waals surface area contributed by atoms with Gasteiger partial charge in [0.2, 0.25) is 0 Å². The minimum Gasteiger partial charge on any atom is -0.446 e. The van der Waals surface area contributed by atoms with E-state index in [0.717, 1.165) is 44.7 Å². The van der Waals surface area contributed by atoms with Gasteiger partial charge in [0.1, 0.15) is 11.9 Å². The fraction of sp³-hybridized carbons (Fsp3) is 0.773. The van der Waals surface area contributed by atoms with Crippen molar-refractivity contribution in [1.29, 1.82) is 0 Å². The Morgan fingerprint density at radius 1 is 1.23 bits per heavy atom. The van der Waals surface area contributed by atoms with Gasteiger partial charge >= 0.3 is 12.3 Å². The molecule has 9 heteroatoms. The predicted molar refractivity (Wildman–Crippen MR) is 111 cm³/mol. The molecule has 3 rings (SSSR count). The Labute approximate surface area is 181 Å². The van der Waals surface area contributed by atoms with Gasteiger partial charge in [-0.1, -0.05) is 27.2 Å². The molecule has 1 aromatic heterocycles. The van der Waals surface area contributed by atoms with E-state index in [1.807, 2.05) is 6.92 Å². The van der Waals surface area contributed by atoms with Crippen LogP contribution in [-0.2, 0) is 10.9 Å². The molecule has 1 aromatic rings. The van der Waals surface area contributed by atoms with Gasteiger partial charge in [-0.25, -0.2) is 14.8 Å². The summed E-state index contributed by atoms with van der Waals surface area (Å²) in [4.78, 5) is 20.0. The molecule has 0 saturated heterocycles. The van der Waals surface area contributed by atoms with Crippen LogP contribution in [0.2, 0.25) is 0 Å². The van der Waals surface area contributed by atoms with Crippen molar-refractivity contribution in [3.05, 3.63) is 18.1 Å². The van der Waals surface area contributed by atoms with E-state index < -0.39 is 23.5 Å². The summed E-state index contributed by atoms with van der Waals surface area (Å²) in [6, 6.07) is -0.220. The van der Waals surface area contributed by atoms with Gasteiger partial charge in [-0.3, -0.25) is 0 Å². The molecule has 6 nitrogen and oxygen atoms in total. The molecule has 5 atom stereocenters. The lowest BCUT2D eigenvalue weighted by atomic mass is 9.75. The van der Waals surface area contributed by atoms with E-state index in [1.165, 1.54) is 0 Å². The SMILES string of the molecule is CC(C)[C@@H]1CC[C@@H](C)C[C@H]1OC(=O)N[C@H]1CCC[C@]1(C)Nc1cnc(C(F)(F)F)cn1. The fourth-order valence-corrected chi connectivity index (χ4v) is 4.94. The Morgan fingerprint density at radius 3 is 2.58 bits per heavy atom. The number of carbonyl (C=O) groups excluding carboxylic acids is 1. The second kappa shape index (κ2) is 9.20. The van der Waals surface area contributed by atoms with Crippen LogP contribution >= 0.6 is 0 Å². The average molecular weight is 443 g/mol. The molecular weight excluding hydrogens is 409 g/mol. The number of ether oxygens (including phenoxy) is 1. The Hall–Kier alpha value is -2.06. The average Bonchev–Trinajstić information content (AvgIpc) is 3.01. The Kier molecular flexibility index (Phi) is 7.01. The molecule has 0 unspecified atom stereocenters. The number of halogens is 3. The number of carbonyl (C=O) groups is 1. The van der Waals surface area contributed by atoms with Crippen LogP contribution in [0.1, 0.15) is 71.9 Å². The number of anilines is 1. The molecule has 0 aromatic carbocycles. The Balaban J connectivity index is 1.62. The van der Waals surface area contributed by atoms with E-state index in [-0.39, 0.29) is 18.0 Å². The first-order valence-electron chi connectivity index (χ1n) is 11.1. The molecule has 2 aliphatic carbocycles. The number of alkyl halides is 3. The third-order valence-electron chi connectivity index (χ3n) is 6.83. The van der Waals surface area contributed by atoms with E-state index >= 15 is 0 Å². The third kappa shape index (κ3) is 5.80. The van der Waals surface area contributed by atoms with Crippen LogP contribution < -0.4 is 10.6 Å². The standard InChI is InChI=1S/C22H33F3N4O2/c1-13(2)15-8-7-14(3)10-16(15)31-20(30)28-17-6-5-9-21(17,4)29-19-12-26-18(11-27-19)22(23,24)25/h11-17H,5-10H2,1-4H3,(H,27,29)(H,28,30)/t14-,15+,16-,17+,21+/m1/s1. The number of amides is 1. The van der Waals surface area contributed by atoms with Gasteiger partial charge in [0.15, 0.2) is 5.69 Å². The molecule has 0 spiro atoms. The van der Waals surface area contributed by atoms with Gasteiger partial charge in [0.25, 0.3) is 0 Å². The first-order chi connectivity index (χ1) is 14.5. The molecule has 0 radical (unpaired) electrons. The largest absolute Gasteiger partial charge is 0.446 e. The molecule has 2 aliphatic rings. The zero-order valence-corrected chi connectivity index (χ0v) is 18.6. The number of aromatic nitrogens is 2. The van der Waals surface area contributed by atoms with Crippen molar-refractivity contribution >= 4 is 11.9 Å². The van der Waals surface area contributed by atoms with Crippen molar-refractivity contribution in [3.63, 3.8) is 0 Å². The molecular formula is C22H33F3N4O2. The van der Waals surface area contributed by atoms with Crippen LogP contribution in [0.15, 0.2) is 12.4 Å². The summed E-state index contributed by atoms with van der Waals surface area (Å²) in [5.74, 6) is 1.59. The van der Waals surface area contributed by atoms with Crippen LogP contribution in [-0.4, -0.2) is 33.7 Å². The molecule has 2 saturated carbocycles. The maximum Gasteiger partial charge on any atom is 0.434 e. The van der Waals surface area contributed by atoms with Gasteiger partial charge < -0.3 is 15.4 Å². The van der Waals surface area contributed by atoms with Crippen molar-refractivity contribution in [1.82, 2.24) is 15.3 Å². The maximum absolute atomic E-state index is 12.7. The van der Waals surface area contributed by atoms with E-state index in [0.29, 0.717) is 24.0 Å². The topological polar surface area (TPSA) is 76.1 Å². The smallest absolute Gasteiger partial charge is 0.434 e. The molecule has 2 fully saturated rings. The zero-order chi connectivity index (χ0) is 22.8. The Morgan fingerprint density at radius 2 is 1.97 bits per heavy atom.